The van der Waals surface area contributed by atoms with Gasteiger partial charge in [0, 0.05) is 6.04 Å². The number of hydrogen-bond acceptors (Lipinski definition) is 5. The Balaban J connectivity index is 1.27. The second-order valence-electron chi connectivity index (χ2n) is 7.11. The van der Waals surface area contributed by atoms with Crippen LogP contribution in [0, 0.1) is 0 Å². The monoisotopic (exact) mass is 351 g/mol. The molecule has 1 aliphatic rings. The van der Waals surface area contributed by atoms with Gasteiger partial charge in [0.25, 0.3) is 0 Å². The smallest absolute Gasteiger partial charge is 0.160 e. The number of aromatic nitrogens is 4. The first kappa shape index (κ1) is 17.0. The van der Waals surface area contributed by atoms with Crippen LogP contribution in [0.15, 0.2) is 42.9 Å². The summed E-state index contributed by atoms with van der Waals surface area (Å²) in [6.45, 7) is 2.17. The number of rotatable bonds is 6. The fourth-order valence-corrected chi connectivity index (χ4v) is 3.74. The quantitative estimate of drug-likeness (QED) is 0.708. The van der Waals surface area contributed by atoms with Crippen molar-refractivity contribution in [2.24, 2.45) is 0 Å². The van der Waals surface area contributed by atoms with Crippen LogP contribution in [0.4, 0.5) is 5.82 Å². The van der Waals surface area contributed by atoms with Gasteiger partial charge < -0.3 is 10.1 Å². The molecule has 4 rings (SSSR count). The molecule has 26 heavy (non-hydrogen) atoms. The molecule has 6 heteroatoms. The highest BCUT2D eigenvalue weighted by molar-refractivity contribution is 5.85. The molecule has 2 heterocycles. The summed E-state index contributed by atoms with van der Waals surface area (Å²) in [7, 11) is 0. The van der Waals surface area contributed by atoms with Crippen LogP contribution in [0.2, 0.25) is 0 Å². The van der Waals surface area contributed by atoms with Crippen molar-refractivity contribution in [1.82, 2.24) is 20.2 Å². The van der Waals surface area contributed by atoms with Crippen molar-refractivity contribution >= 4 is 16.9 Å². The highest BCUT2D eigenvalue weighted by Gasteiger charge is 2.24. The fourth-order valence-electron chi connectivity index (χ4n) is 3.74. The second-order valence-corrected chi connectivity index (χ2v) is 7.11. The Bertz CT molecular complexity index is 826. The summed E-state index contributed by atoms with van der Waals surface area (Å²) in [5.41, 5.74) is 2.11. The summed E-state index contributed by atoms with van der Waals surface area (Å²) in [6.07, 6.45) is 9.26. The van der Waals surface area contributed by atoms with E-state index < -0.39 is 0 Å². The molecule has 2 aromatic heterocycles. The molecular weight excluding hydrogens is 326 g/mol. The third-order valence-electron chi connectivity index (χ3n) is 5.05. The molecule has 0 aliphatic heterocycles. The molecule has 1 atom stereocenters. The summed E-state index contributed by atoms with van der Waals surface area (Å²) in [4.78, 5) is 8.56. The van der Waals surface area contributed by atoms with E-state index in [0.29, 0.717) is 12.1 Å². The average Bonchev–Trinajstić information content (AvgIpc) is 3.14. The Kier molecular flexibility index (Phi) is 5.11. The maximum atomic E-state index is 6.28. The predicted octanol–water partition coefficient (Wildman–Crippen LogP) is 3.72. The Labute approximate surface area is 153 Å². The molecular formula is C20H25N5O. The molecule has 1 fully saturated rings. The molecule has 0 radical (unpaired) electrons. The topological polar surface area (TPSA) is 75.7 Å². The molecule has 2 N–H and O–H groups in total. The Hall–Kier alpha value is -2.47. The summed E-state index contributed by atoms with van der Waals surface area (Å²) in [5.74, 6) is 0.866. The number of nitrogens with one attached hydrogen (secondary N) is 2. The summed E-state index contributed by atoms with van der Waals surface area (Å²) < 4.78 is 6.28. The van der Waals surface area contributed by atoms with Crippen LogP contribution in [0.1, 0.15) is 38.2 Å². The molecule has 1 unspecified atom stereocenters. The highest BCUT2D eigenvalue weighted by Crippen LogP contribution is 2.26. The molecule has 6 nitrogen and oxygen atoms in total. The van der Waals surface area contributed by atoms with E-state index in [0.717, 1.165) is 49.0 Å². The van der Waals surface area contributed by atoms with E-state index in [9.17, 15) is 0 Å². The van der Waals surface area contributed by atoms with Crippen LogP contribution >= 0.6 is 0 Å². The number of aromatic amines is 1. The average molecular weight is 351 g/mol. The standard InChI is InChI=1S/C20H25N5O/c1-14(11-15-5-3-2-4-6-15)26-17-9-7-16(8-10-17)24-19-18-12-23-25-20(18)22-13-21-19/h2-6,12-14,16-17H,7-11H2,1H3,(H2,21,22,23,24,25)/t14?,16-,17-. The highest BCUT2D eigenvalue weighted by atomic mass is 16.5. The van der Waals surface area contributed by atoms with Gasteiger partial charge >= 0.3 is 0 Å². The number of anilines is 1. The van der Waals surface area contributed by atoms with Gasteiger partial charge in [-0.25, -0.2) is 9.97 Å². The van der Waals surface area contributed by atoms with Gasteiger partial charge in [0.1, 0.15) is 12.1 Å². The van der Waals surface area contributed by atoms with Gasteiger partial charge in [0.2, 0.25) is 0 Å². The zero-order valence-corrected chi connectivity index (χ0v) is 15.1. The normalized spacial score (nSPS) is 21.6. The van der Waals surface area contributed by atoms with Gasteiger partial charge in [-0.1, -0.05) is 30.3 Å². The van der Waals surface area contributed by atoms with Crippen molar-refractivity contribution in [3.8, 4) is 0 Å². The number of fused-ring (bicyclic) bond motifs is 1. The molecule has 0 amide bonds. The Morgan fingerprint density at radius 2 is 1.96 bits per heavy atom. The maximum absolute atomic E-state index is 6.28. The number of benzene rings is 1. The van der Waals surface area contributed by atoms with Gasteiger partial charge in [-0.3, -0.25) is 5.10 Å². The van der Waals surface area contributed by atoms with Crippen LogP contribution in [-0.4, -0.2) is 38.4 Å². The van der Waals surface area contributed by atoms with Crippen LogP contribution in [-0.2, 0) is 11.2 Å². The fraction of sp³-hybridized carbons (Fsp3) is 0.450. The van der Waals surface area contributed by atoms with Gasteiger partial charge in [0.05, 0.1) is 23.8 Å². The van der Waals surface area contributed by atoms with E-state index in [1.54, 1.807) is 12.5 Å². The van der Waals surface area contributed by atoms with Crippen molar-refractivity contribution in [2.45, 2.75) is 57.3 Å². The number of hydrogen-bond donors (Lipinski definition) is 2. The van der Waals surface area contributed by atoms with E-state index in [1.807, 2.05) is 0 Å². The van der Waals surface area contributed by atoms with Crippen LogP contribution in [0.5, 0.6) is 0 Å². The number of nitrogens with zero attached hydrogens (tertiary/aromatic N) is 3. The van der Waals surface area contributed by atoms with Gasteiger partial charge in [-0.15, -0.1) is 0 Å². The summed E-state index contributed by atoms with van der Waals surface area (Å²) in [5, 5.41) is 11.4. The lowest BCUT2D eigenvalue weighted by molar-refractivity contribution is -0.0216. The molecule has 1 saturated carbocycles. The zero-order valence-electron chi connectivity index (χ0n) is 15.1. The Morgan fingerprint density at radius 1 is 1.15 bits per heavy atom. The van der Waals surface area contributed by atoms with Gasteiger partial charge in [0.15, 0.2) is 5.65 Å². The van der Waals surface area contributed by atoms with Crippen molar-refractivity contribution < 1.29 is 4.74 Å². The third kappa shape index (κ3) is 4.02. The first-order chi connectivity index (χ1) is 12.8. The number of ether oxygens (including phenoxy) is 1. The second kappa shape index (κ2) is 7.83. The minimum Gasteiger partial charge on any atom is -0.375 e. The van der Waals surface area contributed by atoms with E-state index in [2.05, 4.69) is 62.7 Å². The summed E-state index contributed by atoms with van der Waals surface area (Å²) in [6, 6.07) is 11.0. The molecule has 1 aromatic carbocycles. The third-order valence-corrected chi connectivity index (χ3v) is 5.05. The lowest BCUT2D eigenvalue weighted by Gasteiger charge is -2.31. The van der Waals surface area contributed by atoms with E-state index in [4.69, 9.17) is 4.74 Å². The van der Waals surface area contributed by atoms with Gasteiger partial charge in [-0.05, 0) is 44.6 Å². The van der Waals surface area contributed by atoms with Gasteiger partial charge in [-0.2, -0.15) is 5.10 Å². The molecule has 1 aliphatic carbocycles. The molecule has 0 saturated heterocycles. The minimum absolute atomic E-state index is 0.249. The van der Waals surface area contributed by atoms with Crippen LogP contribution in [0.3, 0.4) is 0 Å². The first-order valence-electron chi connectivity index (χ1n) is 9.38. The van der Waals surface area contributed by atoms with Crippen molar-refractivity contribution in [1.29, 1.82) is 0 Å². The van der Waals surface area contributed by atoms with E-state index in [1.165, 1.54) is 5.56 Å². The van der Waals surface area contributed by atoms with Crippen LogP contribution in [0.25, 0.3) is 11.0 Å². The van der Waals surface area contributed by atoms with E-state index in [-0.39, 0.29) is 6.10 Å². The SMILES string of the molecule is CC(Cc1ccccc1)O[C@H]1CC[C@H](Nc2ncnc3[nH]ncc23)CC1. The molecule has 0 spiro atoms. The first-order valence-corrected chi connectivity index (χ1v) is 9.38. The lowest BCUT2D eigenvalue weighted by atomic mass is 9.92. The summed E-state index contributed by atoms with van der Waals surface area (Å²) >= 11 is 0. The van der Waals surface area contributed by atoms with Crippen LogP contribution < -0.4 is 5.32 Å². The minimum atomic E-state index is 0.249. The number of H-pyrrole nitrogens is 1. The van der Waals surface area contributed by atoms with Crippen molar-refractivity contribution in [3.63, 3.8) is 0 Å². The Morgan fingerprint density at radius 3 is 2.77 bits per heavy atom. The lowest BCUT2D eigenvalue weighted by Crippen LogP contribution is -2.32. The molecule has 3 aromatic rings. The van der Waals surface area contributed by atoms with E-state index >= 15 is 0 Å². The maximum Gasteiger partial charge on any atom is 0.160 e. The van der Waals surface area contributed by atoms with Crippen molar-refractivity contribution in [2.75, 3.05) is 5.32 Å². The predicted molar refractivity (Wildman–Crippen MR) is 102 cm³/mol. The zero-order chi connectivity index (χ0) is 17.8. The molecule has 0 bridgehead atoms. The van der Waals surface area contributed by atoms with Crippen molar-refractivity contribution in [3.05, 3.63) is 48.4 Å². The molecule has 136 valence electrons. The largest absolute Gasteiger partial charge is 0.375 e.